The van der Waals surface area contributed by atoms with Gasteiger partial charge in [0.05, 0.1) is 29.8 Å². The fourth-order valence-electron chi connectivity index (χ4n) is 4.21. The second-order valence-corrected chi connectivity index (χ2v) is 9.54. The molecule has 0 aliphatic carbocycles. The fraction of sp³-hybridized carbons (Fsp3) is 0.480. The summed E-state index contributed by atoms with van der Waals surface area (Å²) in [6, 6.07) is 12.0. The van der Waals surface area contributed by atoms with Gasteiger partial charge in [0.15, 0.2) is 0 Å². The summed E-state index contributed by atoms with van der Waals surface area (Å²) < 4.78 is 10.5. The number of hydrogen-bond acceptors (Lipinski definition) is 7. The first-order chi connectivity index (χ1) is 16.5. The molecule has 1 atom stereocenters. The number of methoxy groups -OCH3 is 1. The van der Waals surface area contributed by atoms with E-state index in [1.54, 1.807) is 21.2 Å². The number of amides is 2. The van der Waals surface area contributed by atoms with Crippen molar-refractivity contribution in [3.05, 3.63) is 57.8 Å². The molecule has 1 unspecified atom stereocenters. The molecular weight excluding hydrogens is 452 g/mol. The summed E-state index contributed by atoms with van der Waals surface area (Å²) in [4.78, 5) is 31.2. The van der Waals surface area contributed by atoms with Crippen LogP contribution in [0.2, 0.25) is 0 Å². The number of carbonyl (C=O) groups excluding carboxylic acids is 2. The normalized spacial score (nSPS) is 18.7. The third kappa shape index (κ3) is 6.09. The first-order valence-corrected chi connectivity index (χ1v) is 12.5. The van der Waals surface area contributed by atoms with E-state index in [0.29, 0.717) is 32.7 Å². The Kier molecular flexibility index (Phi) is 8.44. The monoisotopic (exact) mass is 484 g/mol. The van der Waals surface area contributed by atoms with Crippen molar-refractivity contribution in [2.24, 2.45) is 5.10 Å². The molecule has 0 radical (unpaired) electrons. The summed E-state index contributed by atoms with van der Waals surface area (Å²) >= 11 is 1.62. The first kappa shape index (κ1) is 24.5. The highest BCUT2D eigenvalue weighted by atomic mass is 32.1. The van der Waals surface area contributed by atoms with E-state index in [1.807, 2.05) is 24.4 Å². The highest BCUT2D eigenvalue weighted by molar-refractivity contribution is 7.12. The van der Waals surface area contributed by atoms with Crippen LogP contribution >= 0.6 is 11.3 Å². The molecule has 4 rings (SSSR count). The summed E-state index contributed by atoms with van der Waals surface area (Å²) in [5.74, 6) is -0.388. The molecule has 0 saturated carbocycles. The van der Waals surface area contributed by atoms with Crippen LogP contribution in [0.25, 0.3) is 0 Å². The largest absolute Gasteiger partial charge is 0.379 e. The molecular formula is C25H32N4O4S. The number of carbonyl (C=O) groups is 2. The van der Waals surface area contributed by atoms with Crippen LogP contribution in [0.5, 0.6) is 0 Å². The molecule has 3 heterocycles. The second-order valence-electron chi connectivity index (χ2n) is 8.60. The Hall–Kier alpha value is -2.59. The summed E-state index contributed by atoms with van der Waals surface area (Å²) in [6.07, 6.45) is 0.648. The highest BCUT2D eigenvalue weighted by Crippen LogP contribution is 2.34. The molecule has 0 N–H and O–H groups in total. The Morgan fingerprint density at radius 1 is 1.21 bits per heavy atom. The quantitative estimate of drug-likeness (QED) is 0.547. The lowest BCUT2D eigenvalue weighted by Crippen LogP contribution is -2.47. The maximum absolute atomic E-state index is 13.5. The summed E-state index contributed by atoms with van der Waals surface area (Å²) in [7, 11) is 1.49. The second kappa shape index (κ2) is 11.7. The molecule has 2 aromatic rings. The average molecular weight is 485 g/mol. The Morgan fingerprint density at radius 3 is 2.65 bits per heavy atom. The Balaban J connectivity index is 1.51. The lowest BCUT2D eigenvalue weighted by molar-refractivity contribution is -0.143. The van der Waals surface area contributed by atoms with Crippen LogP contribution in [0.3, 0.4) is 0 Å². The van der Waals surface area contributed by atoms with Gasteiger partial charge in [-0.3, -0.25) is 14.5 Å². The smallest absolute Gasteiger partial charge is 0.262 e. The van der Waals surface area contributed by atoms with E-state index in [4.69, 9.17) is 14.6 Å². The SMILES string of the molecule is COCC(=O)N(CCN1CCOCC1)CC(=O)N1N=C(c2cccs2)CC1c1ccc(C)cc1. The van der Waals surface area contributed by atoms with Gasteiger partial charge in [-0.2, -0.15) is 5.10 Å². The predicted octanol–water partition coefficient (Wildman–Crippen LogP) is 2.54. The zero-order valence-corrected chi connectivity index (χ0v) is 20.6. The van der Waals surface area contributed by atoms with Crippen LogP contribution in [0.4, 0.5) is 0 Å². The molecule has 1 aromatic heterocycles. The zero-order chi connectivity index (χ0) is 23.9. The number of thiophene rings is 1. The van der Waals surface area contributed by atoms with Crippen LogP contribution in [0, 0.1) is 6.92 Å². The van der Waals surface area contributed by atoms with Crippen molar-refractivity contribution in [2.75, 3.05) is 59.7 Å². The lowest BCUT2D eigenvalue weighted by atomic mass is 10.00. The van der Waals surface area contributed by atoms with Crippen molar-refractivity contribution in [3.63, 3.8) is 0 Å². The number of benzene rings is 1. The molecule has 1 aromatic carbocycles. The van der Waals surface area contributed by atoms with E-state index in [0.717, 1.165) is 29.2 Å². The highest BCUT2D eigenvalue weighted by Gasteiger charge is 2.34. The summed E-state index contributed by atoms with van der Waals surface area (Å²) in [6.45, 7) is 6.15. The third-order valence-electron chi connectivity index (χ3n) is 6.17. The van der Waals surface area contributed by atoms with E-state index < -0.39 is 0 Å². The first-order valence-electron chi connectivity index (χ1n) is 11.6. The molecule has 8 nitrogen and oxygen atoms in total. The fourth-order valence-corrected chi connectivity index (χ4v) is 4.93. The van der Waals surface area contributed by atoms with Gasteiger partial charge < -0.3 is 14.4 Å². The third-order valence-corrected chi connectivity index (χ3v) is 7.09. The molecule has 2 amide bonds. The van der Waals surface area contributed by atoms with E-state index in [2.05, 4.69) is 29.2 Å². The van der Waals surface area contributed by atoms with Gasteiger partial charge in [0.2, 0.25) is 5.91 Å². The van der Waals surface area contributed by atoms with Gasteiger partial charge in [0.25, 0.3) is 5.91 Å². The minimum atomic E-state index is -0.197. The molecule has 2 aliphatic rings. The van der Waals surface area contributed by atoms with Crippen molar-refractivity contribution < 1.29 is 19.1 Å². The standard InChI is InChI=1S/C25H32N4O4S/c1-19-5-7-20(8-6-19)22-16-21(23-4-3-15-34-23)26-29(22)24(30)17-28(25(31)18-32-2)10-9-27-11-13-33-14-12-27/h3-8,15,22H,9-14,16-18H2,1-2H3. The number of morpholine rings is 1. The molecule has 1 saturated heterocycles. The van der Waals surface area contributed by atoms with Crippen molar-refractivity contribution in [2.45, 2.75) is 19.4 Å². The Bertz CT molecular complexity index is 987. The van der Waals surface area contributed by atoms with Gasteiger partial charge in [-0.1, -0.05) is 35.9 Å². The topological polar surface area (TPSA) is 74.7 Å². The molecule has 2 aliphatic heterocycles. The Morgan fingerprint density at radius 2 is 1.97 bits per heavy atom. The molecule has 34 heavy (non-hydrogen) atoms. The average Bonchev–Trinajstić information content (AvgIpc) is 3.53. The van der Waals surface area contributed by atoms with Crippen LogP contribution in [0.15, 0.2) is 46.9 Å². The van der Waals surface area contributed by atoms with Crippen LogP contribution in [-0.4, -0.2) is 92.0 Å². The summed E-state index contributed by atoms with van der Waals surface area (Å²) in [5.41, 5.74) is 3.10. The van der Waals surface area contributed by atoms with Gasteiger partial charge in [0, 0.05) is 39.7 Å². The van der Waals surface area contributed by atoms with Crippen molar-refractivity contribution in [1.29, 1.82) is 0 Å². The van der Waals surface area contributed by atoms with Crippen molar-refractivity contribution in [3.8, 4) is 0 Å². The molecule has 1 fully saturated rings. The molecule has 9 heteroatoms. The van der Waals surface area contributed by atoms with E-state index in [1.165, 1.54) is 12.7 Å². The summed E-state index contributed by atoms with van der Waals surface area (Å²) in [5, 5.41) is 8.32. The number of rotatable bonds is 9. The minimum Gasteiger partial charge on any atom is -0.379 e. The van der Waals surface area contributed by atoms with Crippen LogP contribution in [-0.2, 0) is 19.1 Å². The van der Waals surface area contributed by atoms with E-state index in [-0.39, 0.29) is 31.0 Å². The maximum Gasteiger partial charge on any atom is 0.262 e. The van der Waals surface area contributed by atoms with Gasteiger partial charge in [0.1, 0.15) is 13.2 Å². The minimum absolute atomic E-state index is 0.0316. The lowest BCUT2D eigenvalue weighted by Gasteiger charge is -2.31. The predicted molar refractivity (Wildman–Crippen MR) is 132 cm³/mol. The molecule has 182 valence electrons. The van der Waals surface area contributed by atoms with Gasteiger partial charge in [-0.25, -0.2) is 5.01 Å². The number of hydrazone groups is 1. The zero-order valence-electron chi connectivity index (χ0n) is 19.8. The van der Waals surface area contributed by atoms with Gasteiger partial charge in [-0.05, 0) is 23.9 Å². The number of hydrogen-bond donors (Lipinski definition) is 0. The van der Waals surface area contributed by atoms with Crippen LogP contribution in [0.1, 0.15) is 28.5 Å². The molecule has 0 bridgehead atoms. The van der Waals surface area contributed by atoms with Crippen molar-refractivity contribution in [1.82, 2.24) is 14.8 Å². The van der Waals surface area contributed by atoms with Crippen LogP contribution < -0.4 is 0 Å². The molecule has 0 spiro atoms. The van der Waals surface area contributed by atoms with Crippen molar-refractivity contribution >= 4 is 28.9 Å². The number of aryl methyl sites for hydroxylation is 1. The Labute approximate surface area is 204 Å². The number of nitrogens with zero attached hydrogens (tertiary/aromatic N) is 4. The van der Waals surface area contributed by atoms with E-state index >= 15 is 0 Å². The maximum atomic E-state index is 13.5. The number of ether oxygens (including phenoxy) is 2. The van der Waals surface area contributed by atoms with E-state index in [9.17, 15) is 9.59 Å². The van der Waals surface area contributed by atoms with Gasteiger partial charge >= 0.3 is 0 Å². The van der Waals surface area contributed by atoms with Gasteiger partial charge in [-0.15, -0.1) is 11.3 Å².